The summed E-state index contributed by atoms with van der Waals surface area (Å²) in [5.74, 6) is 0. The van der Waals surface area contributed by atoms with Gasteiger partial charge < -0.3 is 5.32 Å². The first-order valence-electron chi connectivity index (χ1n) is 5.38. The van der Waals surface area contributed by atoms with Crippen LogP contribution in [0.25, 0.3) is 0 Å². The second-order valence-electron chi connectivity index (χ2n) is 3.54. The third kappa shape index (κ3) is 5.34. The molecule has 4 heteroatoms. The zero-order valence-electron chi connectivity index (χ0n) is 8.98. The Hall–Kier alpha value is 0.430. The fraction of sp³-hybridized carbons (Fsp3) is 0.636. The molecule has 0 amide bonds. The molecule has 0 aliphatic heterocycles. The van der Waals surface area contributed by atoms with Crippen molar-refractivity contribution in [1.82, 2.24) is 5.32 Å². The average molecular weight is 311 g/mol. The van der Waals surface area contributed by atoms with E-state index < -0.39 is 0 Å². The summed E-state index contributed by atoms with van der Waals surface area (Å²) < 4.78 is 1.06. The van der Waals surface area contributed by atoms with Gasteiger partial charge in [-0.25, -0.2) is 0 Å². The van der Waals surface area contributed by atoms with Crippen molar-refractivity contribution < 1.29 is 0 Å². The van der Waals surface area contributed by atoms with Gasteiger partial charge in [0.2, 0.25) is 0 Å². The number of aryl methyl sites for hydroxylation is 1. The van der Waals surface area contributed by atoms with Gasteiger partial charge in [-0.3, -0.25) is 0 Å². The van der Waals surface area contributed by atoms with E-state index in [0.717, 1.165) is 28.3 Å². The average Bonchev–Trinajstić information content (AvgIpc) is 2.52. The summed E-state index contributed by atoms with van der Waals surface area (Å²) in [6.45, 7) is 4.46. The molecule has 0 aromatic carbocycles. The predicted octanol–water partition coefficient (Wildman–Crippen LogP) is 4.49. The molecule has 1 aromatic heterocycles. The van der Waals surface area contributed by atoms with Crippen LogP contribution in [-0.2, 0) is 6.42 Å². The molecule has 0 unspecified atom stereocenters. The molecule has 0 aliphatic carbocycles. The fourth-order valence-electron chi connectivity index (χ4n) is 1.37. The van der Waals surface area contributed by atoms with Gasteiger partial charge >= 0.3 is 0 Å². The molecular weight excluding hydrogens is 294 g/mol. The highest BCUT2D eigenvalue weighted by molar-refractivity contribution is 9.11. The first-order chi connectivity index (χ1) is 7.24. The van der Waals surface area contributed by atoms with Crippen molar-refractivity contribution in [2.45, 2.75) is 32.6 Å². The molecule has 0 atom stereocenters. The highest BCUT2D eigenvalue weighted by Crippen LogP contribution is 2.32. The van der Waals surface area contributed by atoms with Crippen molar-refractivity contribution in [3.8, 4) is 0 Å². The smallest absolute Gasteiger partial charge is 0.0887 e. The highest BCUT2D eigenvalue weighted by Gasteiger charge is 2.03. The van der Waals surface area contributed by atoms with E-state index in [4.69, 9.17) is 11.6 Å². The summed E-state index contributed by atoms with van der Waals surface area (Å²) in [7, 11) is 0. The first-order valence-corrected chi connectivity index (χ1v) is 7.37. The Kier molecular flexibility index (Phi) is 6.89. The summed E-state index contributed by atoms with van der Waals surface area (Å²) in [6.07, 6.45) is 4.84. The van der Waals surface area contributed by atoms with E-state index in [1.165, 1.54) is 24.1 Å². The number of unbranched alkanes of at least 4 members (excludes halogenated alkanes) is 1. The minimum atomic E-state index is 0.846. The zero-order chi connectivity index (χ0) is 11.1. The Labute approximate surface area is 109 Å². The topological polar surface area (TPSA) is 12.0 Å². The Morgan fingerprint density at radius 2 is 2.20 bits per heavy atom. The Morgan fingerprint density at radius 3 is 2.80 bits per heavy atom. The summed E-state index contributed by atoms with van der Waals surface area (Å²) in [4.78, 5) is 1.38. The predicted molar refractivity (Wildman–Crippen MR) is 73.1 cm³/mol. The van der Waals surface area contributed by atoms with Gasteiger partial charge in [0, 0.05) is 4.88 Å². The van der Waals surface area contributed by atoms with E-state index in [2.05, 4.69) is 34.2 Å². The van der Waals surface area contributed by atoms with E-state index in [1.54, 1.807) is 11.3 Å². The lowest BCUT2D eigenvalue weighted by molar-refractivity contribution is 0.618. The van der Waals surface area contributed by atoms with E-state index >= 15 is 0 Å². The van der Waals surface area contributed by atoms with Crippen LogP contribution in [0.15, 0.2) is 9.85 Å². The third-order valence-electron chi connectivity index (χ3n) is 2.15. The van der Waals surface area contributed by atoms with Gasteiger partial charge in [0.25, 0.3) is 0 Å². The molecule has 1 heterocycles. The summed E-state index contributed by atoms with van der Waals surface area (Å²) in [5, 5.41) is 4.25. The Balaban J connectivity index is 2.10. The molecular formula is C11H17BrClNS. The van der Waals surface area contributed by atoms with Crippen molar-refractivity contribution in [2.24, 2.45) is 0 Å². The zero-order valence-corrected chi connectivity index (χ0v) is 12.1. The number of rotatable bonds is 7. The third-order valence-corrected chi connectivity index (χ3v) is 4.68. The molecule has 15 heavy (non-hydrogen) atoms. The molecule has 0 radical (unpaired) electrons. The molecule has 0 saturated heterocycles. The first kappa shape index (κ1) is 13.5. The number of thiophene rings is 1. The van der Waals surface area contributed by atoms with E-state index in [-0.39, 0.29) is 0 Å². The summed E-state index contributed by atoms with van der Waals surface area (Å²) in [5.41, 5.74) is 0. The SMILES string of the molecule is CCCNCCCCc1cc(Cl)c(Br)s1. The quantitative estimate of drug-likeness (QED) is 0.732. The molecule has 0 saturated carbocycles. The maximum atomic E-state index is 5.96. The van der Waals surface area contributed by atoms with Crippen molar-refractivity contribution in [1.29, 1.82) is 0 Å². The number of halogens is 2. The Morgan fingerprint density at radius 1 is 1.40 bits per heavy atom. The van der Waals surface area contributed by atoms with Crippen LogP contribution in [0, 0.1) is 0 Å². The molecule has 0 aliphatic rings. The van der Waals surface area contributed by atoms with Crippen LogP contribution >= 0.6 is 38.9 Å². The van der Waals surface area contributed by atoms with Crippen LogP contribution in [0.1, 0.15) is 31.1 Å². The van der Waals surface area contributed by atoms with Crippen LogP contribution in [-0.4, -0.2) is 13.1 Å². The fourth-order valence-corrected chi connectivity index (χ4v) is 3.23. The number of hydrogen-bond donors (Lipinski definition) is 1. The van der Waals surface area contributed by atoms with Crippen LogP contribution in [0.4, 0.5) is 0 Å². The molecule has 0 fully saturated rings. The lowest BCUT2D eigenvalue weighted by Crippen LogP contribution is -2.15. The van der Waals surface area contributed by atoms with Gasteiger partial charge in [0.15, 0.2) is 0 Å². The van der Waals surface area contributed by atoms with Gasteiger partial charge in [-0.15, -0.1) is 11.3 Å². The Bertz CT molecular complexity index is 269. The van der Waals surface area contributed by atoms with Gasteiger partial charge in [0.1, 0.15) is 0 Å². The number of hydrogen-bond acceptors (Lipinski definition) is 2. The van der Waals surface area contributed by atoms with Gasteiger partial charge in [-0.1, -0.05) is 18.5 Å². The monoisotopic (exact) mass is 309 g/mol. The molecule has 0 spiro atoms. The maximum absolute atomic E-state index is 5.96. The summed E-state index contributed by atoms with van der Waals surface area (Å²) >= 11 is 11.1. The van der Waals surface area contributed by atoms with Crippen molar-refractivity contribution >= 4 is 38.9 Å². The van der Waals surface area contributed by atoms with Crippen molar-refractivity contribution in [3.05, 3.63) is 19.8 Å². The lowest BCUT2D eigenvalue weighted by atomic mass is 10.2. The largest absolute Gasteiger partial charge is 0.317 e. The second kappa shape index (κ2) is 7.66. The van der Waals surface area contributed by atoms with Gasteiger partial charge in [-0.05, 0) is 60.8 Å². The van der Waals surface area contributed by atoms with Crippen molar-refractivity contribution in [2.75, 3.05) is 13.1 Å². The molecule has 86 valence electrons. The standard InChI is InChI=1S/C11H17BrClNS/c1-2-6-14-7-4-3-5-9-8-10(13)11(12)15-9/h8,14H,2-7H2,1H3. The maximum Gasteiger partial charge on any atom is 0.0887 e. The van der Waals surface area contributed by atoms with E-state index in [1.807, 2.05) is 0 Å². The summed E-state index contributed by atoms with van der Waals surface area (Å²) in [6, 6.07) is 2.07. The minimum absolute atomic E-state index is 0.846. The van der Waals surface area contributed by atoms with E-state index in [9.17, 15) is 0 Å². The lowest BCUT2D eigenvalue weighted by Gasteiger charge is -2.01. The normalized spacial score (nSPS) is 10.9. The van der Waals surface area contributed by atoms with Crippen LogP contribution < -0.4 is 5.32 Å². The van der Waals surface area contributed by atoms with Crippen molar-refractivity contribution in [3.63, 3.8) is 0 Å². The molecule has 0 bridgehead atoms. The number of nitrogens with one attached hydrogen (secondary N) is 1. The van der Waals surface area contributed by atoms with Crippen LogP contribution in [0.5, 0.6) is 0 Å². The minimum Gasteiger partial charge on any atom is -0.317 e. The van der Waals surface area contributed by atoms with Crippen LogP contribution in [0.3, 0.4) is 0 Å². The molecule has 1 N–H and O–H groups in total. The molecule has 1 aromatic rings. The van der Waals surface area contributed by atoms with Gasteiger partial charge in [-0.2, -0.15) is 0 Å². The van der Waals surface area contributed by atoms with Crippen LogP contribution in [0.2, 0.25) is 5.02 Å². The highest BCUT2D eigenvalue weighted by atomic mass is 79.9. The van der Waals surface area contributed by atoms with E-state index in [0.29, 0.717) is 0 Å². The second-order valence-corrected chi connectivity index (χ2v) is 6.40. The van der Waals surface area contributed by atoms with Gasteiger partial charge in [0.05, 0.1) is 8.81 Å². The molecule has 1 rings (SSSR count). The molecule has 1 nitrogen and oxygen atoms in total.